The van der Waals surface area contributed by atoms with Gasteiger partial charge in [-0.25, -0.2) is 0 Å². The van der Waals surface area contributed by atoms with Crippen LogP contribution < -0.4 is 4.74 Å². The average molecular weight is 354 g/mol. The van der Waals surface area contributed by atoms with E-state index in [0.29, 0.717) is 0 Å². The van der Waals surface area contributed by atoms with E-state index in [2.05, 4.69) is 65.1 Å². The zero-order valence-electron chi connectivity index (χ0n) is 16.1. The van der Waals surface area contributed by atoms with Gasteiger partial charge >= 0.3 is 0 Å². The Morgan fingerprint density at radius 3 is 2.24 bits per heavy atom. The van der Waals surface area contributed by atoms with Crippen molar-refractivity contribution >= 4 is 21.6 Å². The lowest BCUT2D eigenvalue weighted by Crippen LogP contribution is -2.13. The Kier molecular flexibility index (Phi) is 5.14. The molecule has 2 aromatic heterocycles. The van der Waals surface area contributed by atoms with Crippen LogP contribution in [0.15, 0.2) is 23.6 Å². The average Bonchev–Trinajstić information content (AvgIpc) is 2.95. The van der Waals surface area contributed by atoms with Crippen molar-refractivity contribution in [2.45, 2.75) is 60.5 Å². The van der Waals surface area contributed by atoms with E-state index in [-0.39, 0.29) is 6.10 Å². The van der Waals surface area contributed by atoms with Crippen LogP contribution in [0.2, 0.25) is 0 Å². The fraction of sp³-hybridized carbons (Fsp3) is 0.409. The van der Waals surface area contributed by atoms with Crippen LogP contribution in [0.5, 0.6) is 5.75 Å². The molecule has 0 aliphatic carbocycles. The molecule has 3 rings (SSSR count). The van der Waals surface area contributed by atoms with Gasteiger partial charge in [0.2, 0.25) is 0 Å². The Hall–Kier alpha value is -1.87. The van der Waals surface area contributed by atoms with Crippen molar-refractivity contribution < 1.29 is 4.74 Å². The summed E-state index contributed by atoms with van der Waals surface area (Å²) in [6.45, 7) is 12.9. The summed E-state index contributed by atoms with van der Waals surface area (Å²) in [4.78, 5) is 4.87. The third-order valence-electron chi connectivity index (χ3n) is 4.77. The van der Waals surface area contributed by atoms with Gasteiger partial charge in [-0.1, -0.05) is 31.5 Å². The van der Waals surface area contributed by atoms with E-state index in [1.54, 1.807) is 11.3 Å². The fourth-order valence-corrected chi connectivity index (χ4v) is 4.56. The molecule has 0 aliphatic heterocycles. The molecule has 0 amide bonds. The molecule has 0 fully saturated rings. The fourth-order valence-electron chi connectivity index (χ4n) is 3.61. The van der Waals surface area contributed by atoms with Crippen LogP contribution in [0, 0.1) is 27.7 Å². The number of aryl methyl sites for hydroxylation is 4. The second-order valence-corrected chi connectivity index (χ2v) is 7.80. The Balaban J connectivity index is 2.19. The summed E-state index contributed by atoms with van der Waals surface area (Å²) >= 11 is 1.74. The molecule has 3 heteroatoms. The number of thiophene rings is 1. The number of benzene rings is 1. The van der Waals surface area contributed by atoms with Crippen LogP contribution >= 0.6 is 11.3 Å². The predicted molar refractivity (Wildman–Crippen MR) is 109 cm³/mol. The Morgan fingerprint density at radius 1 is 1.00 bits per heavy atom. The number of rotatable bonds is 5. The molecule has 25 heavy (non-hydrogen) atoms. The third kappa shape index (κ3) is 3.43. The summed E-state index contributed by atoms with van der Waals surface area (Å²) in [7, 11) is 0. The monoisotopic (exact) mass is 353 g/mol. The van der Waals surface area contributed by atoms with Crippen LogP contribution in [0.3, 0.4) is 0 Å². The SMILES string of the molecule is CCC(CC)Oc1cc(C)nc2c(-c3c(C)cc(C)cc3C)csc12. The standard InChI is InChI=1S/C22H27NOS/c1-7-17(8-2)24-19-11-16(6)23-21-18(12-25-22(19)21)20-14(4)9-13(3)10-15(20)5/h9-12,17H,7-8H2,1-6H3. The molecule has 0 N–H and O–H groups in total. The highest BCUT2D eigenvalue weighted by Gasteiger charge is 2.18. The van der Waals surface area contributed by atoms with Crippen LogP contribution in [0.4, 0.5) is 0 Å². The number of nitrogens with zero attached hydrogens (tertiary/aromatic N) is 1. The van der Waals surface area contributed by atoms with Crippen LogP contribution in [-0.4, -0.2) is 11.1 Å². The molecule has 0 saturated carbocycles. The number of hydrogen-bond acceptors (Lipinski definition) is 3. The van der Waals surface area contributed by atoms with Crippen molar-refractivity contribution in [3.05, 3.63) is 46.0 Å². The minimum atomic E-state index is 0.262. The van der Waals surface area contributed by atoms with E-state index in [0.717, 1.165) is 34.5 Å². The lowest BCUT2D eigenvalue weighted by Gasteiger charge is -2.17. The van der Waals surface area contributed by atoms with E-state index in [9.17, 15) is 0 Å². The van der Waals surface area contributed by atoms with Gasteiger partial charge in [-0.3, -0.25) is 4.98 Å². The Bertz CT molecular complexity index is 883. The molecule has 0 spiro atoms. The van der Waals surface area contributed by atoms with Gasteiger partial charge in [0.1, 0.15) is 5.75 Å². The summed E-state index contributed by atoms with van der Waals surface area (Å²) in [5.41, 5.74) is 8.54. The first-order chi connectivity index (χ1) is 11.9. The second kappa shape index (κ2) is 7.17. The highest BCUT2D eigenvalue weighted by molar-refractivity contribution is 7.18. The van der Waals surface area contributed by atoms with Crippen LogP contribution in [0.1, 0.15) is 49.1 Å². The van der Waals surface area contributed by atoms with Crippen molar-refractivity contribution in [2.75, 3.05) is 0 Å². The van der Waals surface area contributed by atoms with Crippen LogP contribution in [0.25, 0.3) is 21.3 Å². The lowest BCUT2D eigenvalue weighted by molar-refractivity contribution is 0.195. The molecular weight excluding hydrogens is 326 g/mol. The molecule has 0 bridgehead atoms. The largest absolute Gasteiger partial charge is 0.489 e. The Labute approximate surface area is 154 Å². The quantitative estimate of drug-likeness (QED) is 0.505. The smallest absolute Gasteiger partial charge is 0.140 e. The van der Waals surface area contributed by atoms with E-state index >= 15 is 0 Å². The molecule has 2 nitrogen and oxygen atoms in total. The topological polar surface area (TPSA) is 22.1 Å². The first kappa shape index (κ1) is 17.9. The molecule has 132 valence electrons. The summed E-state index contributed by atoms with van der Waals surface area (Å²) in [6, 6.07) is 6.59. The van der Waals surface area contributed by atoms with Crippen LogP contribution in [-0.2, 0) is 0 Å². The molecule has 2 heterocycles. The Morgan fingerprint density at radius 2 is 1.64 bits per heavy atom. The molecule has 0 unspecified atom stereocenters. The lowest BCUT2D eigenvalue weighted by atomic mass is 9.95. The van der Waals surface area contributed by atoms with Gasteiger partial charge in [-0.15, -0.1) is 11.3 Å². The minimum absolute atomic E-state index is 0.262. The van der Waals surface area contributed by atoms with E-state index in [4.69, 9.17) is 9.72 Å². The minimum Gasteiger partial charge on any atom is -0.489 e. The zero-order valence-corrected chi connectivity index (χ0v) is 16.9. The van der Waals surface area contributed by atoms with Crippen molar-refractivity contribution in [2.24, 2.45) is 0 Å². The van der Waals surface area contributed by atoms with E-state index in [1.807, 2.05) is 0 Å². The number of fused-ring (bicyclic) bond motifs is 1. The van der Waals surface area contributed by atoms with Gasteiger partial charge in [0.05, 0.1) is 16.3 Å². The molecule has 3 aromatic rings. The first-order valence-corrected chi connectivity index (χ1v) is 9.96. The number of pyridine rings is 1. The maximum Gasteiger partial charge on any atom is 0.140 e. The number of aromatic nitrogens is 1. The highest BCUT2D eigenvalue weighted by Crippen LogP contribution is 2.41. The van der Waals surface area contributed by atoms with Crippen molar-refractivity contribution in [3.8, 4) is 16.9 Å². The van der Waals surface area contributed by atoms with Gasteiger partial charge in [-0.2, -0.15) is 0 Å². The highest BCUT2D eigenvalue weighted by atomic mass is 32.1. The first-order valence-electron chi connectivity index (χ1n) is 9.08. The van der Waals surface area contributed by atoms with Crippen molar-refractivity contribution in [3.63, 3.8) is 0 Å². The third-order valence-corrected chi connectivity index (χ3v) is 5.75. The van der Waals surface area contributed by atoms with E-state index < -0.39 is 0 Å². The maximum atomic E-state index is 6.31. The normalized spacial score (nSPS) is 11.5. The molecule has 0 aliphatic rings. The summed E-state index contributed by atoms with van der Waals surface area (Å²) in [5, 5.41) is 2.24. The molecule has 0 radical (unpaired) electrons. The van der Waals surface area contributed by atoms with Crippen molar-refractivity contribution in [1.29, 1.82) is 0 Å². The number of ether oxygens (including phenoxy) is 1. The maximum absolute atomic E-state index is 6.31. The van der Waals surface area contributed by atoms with Gasteiger partial charge in [-0.05, 0) is 57.2 Å². The summed E-state index contributed by atoms with van der Waals surface area (Å²) in [6.07, 6.45) is 2.31. The predicted octanol–water partition coefficient (Wildman–Crippen LogP) is 6.76. The second-order valence-electron chi connectivity index (χ2n) is 6.92. The molecular formula is C22H27NOS. The van der Waals surface area contributed by atoms with E-state index in [1.165, 1.54) is 27.8 Å². The zero-order chi connectivity index (χ0) is 18.1. The van der Waals surface area contributed by atoms with Crippen molar-refractivity contribution in [1.82, 2.24) is 4.98 Å². The summed E-state index contributed by atoms with van der Waals surface area (Å²) < 4.78 is 7.47. The molecule has 0 atom stereocenters. The van der Waals surface area contributed by atoms with Gasteiger partial charge in [0, 0.05) is 22.7 Å². The number of hydrogen-bond donors (Lipinski definition) is 0. The molecule has 0 saturated heterocycles. The van der Waals surface area contributed by atoms with Gasteiger partial charge in [0.15, 0.2) is 0 Å². The van der Waals surface area contributed by atoms with Gasteiger partial charge in [0.25, 0.3) is 0 Å². The summed E-state index contributed by atoms with van der Waals surface area (Å²) in [5.74, 6) is 0.981. The molecule has 1 aromatic carbocycles. The van der Waals surface area contributed by atoms with Gasteiger partial charge < -0.3 is 4.74 Å².